The van der Waals surface area contributed by atoms with E-state index in [1.807, 2.05) is 30.3 Å². The number of carbonyl (C=O) groups is 1. The highest BCUT2D eigenvalue weighted by Gasteiger charge is 2.14. The molecule has 0 spiro atoms. The predicted octanol–water partition coefficient (Wildman–Crippen LogP) is 3.46. The van der Waals surface area contributed by atoms with E-state index in [0.717, 1.165) is 5.56 Å². The van der Waals surface area contributed by atoms with Crippen LogP contribution < -0.4 is 16.4 Å². The molecule has 0 radical (unpaired) electrons. The molecule has 7 heteroatoms. The van der Waals surface area contributed by atoms with Crippen LogP contribution in [0.25, 0.3) is 0 Å². The van der Waals surface area contributed by atoms with Gasteiger partial charge in [-0.05, 0) is 30.7 Å². The maximum atomic E-state index is 13.2. The van der Waals surface area contributed by atoms with Gasteiger partial charge in [-0.25, -0.2) is 9.18 Å². The van der Waals surface area contributed by atoms with E-state index in [9.17, 15) is 9.18 Å². The van der Waals surface area contributed by atoms with Gasteiger partial charge in [-0.1, -0.05) is 42.5 Å². The largest absolute Gasteiger partial charge is 0.445 e. The van der Waals surface area contributed by atoms with Gasteiger partial charge in [0.25, 0.3) is 0 Å². The van der Waals surface area contributed by atoms with Gasteiger partial charge in [0.05, 0.1) is 17.4 Å². The topological polar surface area (TPSA) is 76.4 Å². The second-order valence-electron chi connectivity index (χ2n) is 5.15. The quantitative estimate of drug-likeness (QED) is 0.570. The molecule has 0 aromatic heterocycles. The summed E-state index contributed by atoms with van der Waals surface area (Å²) in [4.78, 5) is 12.1. The van der Waals surface area contributed by atoms with Gasteiger partial charge in [-0.3, -0.25) is 0 Å². The van der Waals surface area contributed by atoms with E-state index in [1.165, 1.54) is 18.2 Å². The summed E-state index contributed by atoms with van der Waals surface area (Å²) < 4.78 is 18.4. The molecule has 0 unspecified atom stereocenters. The number of nitrogens with one attached hydrogen (secondary N) is 2. The Morgan fingerprint density at radius 2 is 2.00 bits per heavy atom. The molecule has 0 saturated carbocycles. The summed E-state index contributed by atoms with van der Waals surface area (Å²) in [6.45, 7) is 1.85. The maximum absolute atomic E-state index is 13.2. The van der Waals surface area contributed by atoms with Gasteiger partial charge >= 0.3 is 6.09 Å². The van der Waals surface area contributed by atoms with Crippen molar-refractivity contribution in [3.8, 4) is 0 Å². The smallest absolute Gasteiger partial charge is 0.408 e. The Hall–Kier alpha value is -2.67. The van der Waals surface area contributed by atoms with Gasteiger partial charge < -0.3 is 21.1 Å². The Labute approximate surface area is 145 Å². The molecule has 0 heterocycles. The Kier molecular flexibility index (Phi) is 6.08. The van der Waals surface area contributed by atoms with E-state index < -0.39 is 18.0 Å². The lowest BCUT2D eigenvalue weighted by Gasteiger charge is -2.17. The second kappa shape index (κ2) is 8.26. The summed E-state index contributed by atoms with van der Waals surface area (Å²) in [5.41, 5.74) is 7.35. The van der Waals surface area contributed by atoms with Crippen molar-refractivity contribution in [3.63, 3.8) is 0 Å². The van der Waals surface area contributed by atoms with E-state index in [-0.39, 0.29) is 6.61 Å². The monoisotopic (exact) mass is 347 g/mol. The number of rotatable bonds is 5. The molecular formula is C17H18FN3O2S. The number of ether oxygens (including phenoxy) is 1. The van der Waals surface area contributed by atoms with Gasteiger partial charge in [0.15, 0.2) is 0 Å². The summed E-state index contributed by atoms with van der Waals surface area (Å²) in [6, 6.07) is 12.7. The minimum atomic E-state index is -0.595. The number of nitrogens with two attached hydrogens (primary N) is 1. The molecule has 24 heavy (non-hydrogen) atoms. The molecule has 1 amide bonds. The molecular weight excluding hydrogens is 329 g/mol. The third-order valence-corrected chi connectivity index (χ3v) is 3.67. The third kappa shape index (κ3) is 5.20. The lowest BCUT2D eigenvalue weighted by atomic mass is 10.2. The van der Waals surface area contributed by atoms with E-state index in [1.54, 1.807) is 6.92 Å². The molecule has 0 saturated heterocycles. The van der Waals surface area contributed by atoms with Crippen LogP contribution in [0.5, 0.6) is 0 Å². The average Bonchev–Trinajstić information content (AvgIpc) is 2.57. The molecule has 0 aliphatic rings. The van der Waals surface area contributed by atoms with Gasteiger partial charge in [0, 0.05) is 0 Å². The highest BCUT2D eigenvalue weighted by atomic mass is 32.1. The van der Waals surface area contributed by atoms with Crippen LogP contribution in [0.1, 0.15) is 12.5 Å². The molecule has 5 nitrogen and oxygen atoms in total. The van der Waals surface area contributed by atoms with Gasteiger partial charge in [0.2, 0.25) is 0 Å². The van der Waals surface area contributed by atoms with Crippen LogP contribution in [0, 0.1) is 5.82 Å². The minimum absolute atomic E-state index is 0.163. The number of amides is 1. The SMILES string of the molecule is C[C@H](NC(=O)OCc1ccccc1)C(=S)Nc1cc(F)ccc1N. The molecule has 0 fully saturated rings. The van der Waals surface area contributed by atoms with Crippen molar-refractivity contribution in [2.24, 2.45) is 0 Å². The number of benzene rings is 2. The van der Waals surface area contributed by atoms with Crippen LogP contribution >= 0.6 is 12.2 Å². The van der Waals surface area contributed by atoms with E-state index in [4.69, 9.17) is 22.7 Å². The number of carbonyl (C=O) groups excluding carboxylic acids is 1. The summed E-state index contributed by atoms with van der Waals surface area (Å²) in [5, 5.41) is 5.43. The van der Waals surface area contributed by atoms with Crippen molar-refractivity contribution < 1.29 is 13.9 Å². The van der Waals surface area contributed by atoms with Gasteiger partial charge in [-0.15, -0.1) is 0 Å². The predicted molar refractivity (Wildman–Crippen MR) is 96.3 cm³/mol. The average molecular weight is 347 g/mol. The Bertz CT molecular complexity index is 725. The summed E-state index contributed by atoms with van der Waals surface area (Å²) in [6.07, 6.45) is -0.595. The minimum Gasteiger partial charge on any atom is -0.445 e. The summed E-state index contributed by atoms with van der Waals surface area (Å²) in [7, 11) is 0. The number of alkyl carbamates (subject to hydrolysis) is 1. The van der Waals surface area contributed by atoms with Crippen LogP contribution in [-0.2, 0) is 11.3 Å². The summed E-state index contributed by atoms with van der Waals surface area (Å²) in [5.74, 6) is -0.433. The van der Waals surface area contributed by atoms with E-state index in [2.05, 4.69) is 10.6 Å². The number of nitrogen functional groups attached to an aromatic ring is 1. The Balaban J connectivity index is 1.84. The molecule has 2 aromatic rings. The van der Waals surface area contributed by atoms with Crippen molar-refractivity contribution in [1.82, 2.24) is 5.32 Å². The zero-order chi connectivity index (χ0) is 17.5. The first-order valence-corrected chi connectivity index (χ1v) is 7.69. The first-order valence-electron chi connectivity index (χ1n) is 7.29. The lowest BCUT2D eigenvalue weighted by Crippen LogP contribution is -2.41. The number of hydrogen-bond acceptors (Lipinski definition) is 4. The highest BCUT2D eigenvalue weighted by Crippen LogP contribution is 2.19. The third-order valence-electron chi connectivity index (χ3n) is 3.21. The first kappa shape index (κ1) is 17.7. The number of halogens is 1. The fourth-order valence-electron chi connectivity index (χ4n) is 1.88. The molecule has 0 aliphatic carbocycles. The fraction of sp³-hybridized carbons (Fsp3) is 0.176. The second-order valence-corrected chi connectivity index (χ2v) is 5.59. The first-order chi connectivity index (χ1) is 11.5. The van der Waals surface area contributed by atoms with Crippen molar-refractivity contribution in [2.75, 3.05) is 11.1 Å². The van der Waals surface area contributed by atoms with Crippen LogP contribution in [0.4, 0.5) is 20.6 Å². The van der Waals surface area contributed by atoms with Crippen LogP contribution in [0.3, 0.4) is 0 Å². The van der Waals surface area contributed by atoms with Gasteiger partial charge in [-0.2, -0.15) is 0 Å². The number of hydrogen-bond donors (Lipinski definition) is 3. The van der Waals surface area contributed by atoms with Crippen LogP contribution in [-0.4, -0.2) is 17.1 Å². The number of thiocarbonyl (C=S) groups is 1. The van der Waals surface area contributed by atoms with Gasteiger partial charge in [0.1, 0.15) is 17.4 Å². The maximum Gasteiger partial charge on any atom is 0.408 e. The normalized spacial score (nSPS) is 11.4. The molecule has 0 bridgehead atoms. The van der Waals surface area contributed by atoms with E-state index >= 15 is 0 Å². The molecule has 0 aliphatic heterocycles. The van der Waals surface area contributed by atoms with Crippen molar-refractivity contribution in [3.05, 3.63) is 59.9 Å². The molecule has 2 rings (SSSR count). The number of anilines is 2. The molecule has 126 valence electrons. The van der Waals surface area contributed by atoms with Crippen LogP contribution in [0.15, 0.2) is 48.5 Å². The van der Waals surface area contributed by atoms with Crippen molar-refractivity contribution >= 4 is 34.7 Å². The fourth-order valence-corrected chi connectivity index (χ4v) is 2.05. The molecule has 1 atom stereocenters. The highest BCUT2D eigenvalue weighted by molar-refractivity contribution is 7.80. The molecule has 4 N–H and O–H groups in total. The lowest BCUT2D eigenvalue weighted by molar-refractivity contribution is 0.138. The Morgan fingerprint density at radius 3 is 2.71 bits per heavy atom. The van der Waals surface area contributed by atoms with Crippen molar-refractivity contribution in [2.45, 2.75) is 19.6 Å². The summed E-state index contributed by atoms with van der Waals surface area (Å²) >= 11 is 5.20. The zero-order valence-electron chi connectivity index (χ0n) is 13.1. The van der Waals surface area contributed by atoms with E-state index in [0.29, 0.717) is 16.4 Å². The Morgan fingerprint density at radius 1 is 1.29 bits per heavy atom. The zero-order valence-corrected chi connectivity index (χ0v) is 13.9. The van der Waals surface area contributed by atoms with Crippen molar-refractivity contribution in [1.29, 1.82) is 0 Å². The van der Waals surface area contributed by atoms with Crippen LogP contribution in [0.2, 0.25) is 0 Å². The standard InChI is InChI=1S/C17H18FN3O2S/c1-11(16(24)21-15-9-13(18)7-8-14(15)19)20-17(22)23-10-12-5-3-2-4-6-12/h2-9,11H,10,19H2,1H3,(H,20,22)(H,21,24)/t11-/m0/s1. The molecule has 2 aromatic carbocycles.